The highest BCUT2D eigenvalue weighted by Gasteiger charge is 2.34. The van der Waals surface area contributed by atoms with Crippen LogP contribution in [0.25, 0.3) is 0 Å². The van der Waals surface area contributed by atoms with E-state index < -0.39 is 28.0 Å². The molecule has 5 amide bonds. The molecule has 574 valence electrons. The van der Waals surface area contributed by atoms with Crippen LogP contribution in [0.5, 0.6) is 0 Å². The second-order valence-electron chi connectivity index (χ2n) is 31.9. The number of hydrogen-bond acceptors (Lipinski definition) is 17. The number of carbonyl (C=O) groups excluding carboxylic acids is 5. The normalized spacial score (nSPS) is 18.0. The van der Waals surface area contributed by atoms with Crippen molar-refractivity contribution in [1.29, 1.82) is 0 Å². The average molecular weight is 1440 g/mol. The lowest BCUT2D eigenvalue weighted by Crippen LogP contribution is -2.50. The zero-order valence-corrected chi connectivity index (χ0v) is 66.3. The third-order valence-electron chi connectivity index (χ3n) is 17.8. The first-order valence-corrected chi connectivity index (χ1v) is 37.1. The van der Waals surface area contributed by atoms with Crippen molar-refractivity contribution in [3.8, 4) is 0 Å². The summed E-state index contributed by atoms with van der Waals surface area (Å²) in [6.45, 7) is 37.7. The molecule has 0 spiro atoms. The summed E-state index contributed by atoms with van der Waals surface area (Å²) < 4.78 is 32.9. The molecular formula is C82H125N11O11. The van der Waals surface area contributed by atoms with Gasteiger partial charge in [-0.15, -0.1) is 0 Å². The molecular weight excluding hydrogens is 1310 g/mol. The van der Waals surface area contributed by atoms with E-state index >= 15 is 0 Å². The number of morpholine rings is 1. The maximum atomic E-state index is 12.2. The zero-order chi connectivity index (χ0) is 76.6. The number of amides is 5. The molecule has 0 aromatic heterocycles. The third-order valence-corrected chi connectivity index (χ3v) is 17.8. The largest absolute Gasteiger partial charge is 0.444 e. The standard InChI is InChI=1S/2C17H26N2O2.C16H25N3O2.C16H24N2O3.C16H24N2O2/c1-17(2,3)21-16(20)19-11-9-14(10-12-19)13-5-7-15(18-4)8-6-13;1-17(2,3)21-16(20)19-11-5-6-14(12-19)13-7-9-15(18-4)10-8-13;1-16(2,3)21-15(20)19-11-9-18(10-12-19)14-7-5-13(17-4)6-8-14;1-16(2,3)21-15(19)18-9-10-20-14(11-18)12-5-7-13(17-4)8-6-12;1-16(2,3)20-15(19)18-10-9-13(11-18)12-5-7-14(17-4)8-6-12/h5-8,14,18H,9-12H2,1-4H3;7-10,14,18H,5-6,11-12H2,1-4H3;5-8,17H,9-12H2,1-4H3;5-8,14,17H,9-11H2,1-4H3;5-8,13,17H,9-11H2,1-4H3. The van der Waals surface area contributed by atoms with Crippen molar-refractivity contribution in [3.05, 3.63) is 144 Å². The van der Waals surface area contributed by atoms with Gasteiger partial charge in [-0.25, -0.2) is 24.0 Å². The second kappa shape index (κ2) is 38.8. The maximum absolute atomic E-state index is 12.2. The van der Waals surface area contributed by atoms with Gasteiger partial charge in [0.1, 0.15) is 34.1 Å². The van der Waals surface area contributed by atoms with E-state index in [2.05, 4.69) is 129 Å². The van der Waals surface area contributed by atoms with Crippen LogP contribution in [0.2, 0.25) is 0 Å². The Hall–Kier alpha value is -8.79. The SMILES string of the molecule is CNc1ccc(C2CCCN(C(=O)OC(C)(C)C)C2)cc1.CNc1ccc(C2CCN(C(=O)OC(C)(C)C)C2)cc1.CNc1ccc(C2CCN(C(=O)OC(C)(C)C)CC2)cc1.CNc1ccc(C2CN(C(=O)OC(C)(C)C)CCO2)cc1.CNc1ccc(N2CCN(C(=O)OC(C)(C)C)CC2)cc1. The molecule has 0 aliphatic carbocycles. The molecule has 22 heteroatoms. The van der Waals surface area contributed by atoms with E-state index in [1.165, 1.54) is 22.4 Å². The summed E-state index contributed by atoms with van der Waals surface area (Å²) >= 11 is 0. The highest BCUT2D eigenvalue weighted by molar-refractivity contribution is 5.71. The number of anilines is 6. The van der Waals surface area contributed by atoms with E-state index in [9.17, 15) is 24.0 Å². The van der Waals surface area contributed by atoms with Gasteiger partial charge in [-0.1, -0.05) is 48.5 Å². The number of rotatable bonds is 10. The molecule has 0 saturated carbocycles. The summed E-state index contributed by atoms with van der Waals surface area (Å²) in [6, 6.07) is 41.9. The van der Waals surface area contributed by atoms with Crippen LogP contribution in [-0.2, 0) is 28.4 Å². The molecule has 5 fully saturated rings. The van der Waals surface area contributed by atoms with E-state index in [1.54, 1.807) is 9.80 Å². The highest BCUT2D eigenvalue weighted by atomic mass is 16.6. The number of nitrogens with zero attached hydrogens (tertiary/aromatic N) is 6. The van der Waals surface area contributed by atoms with E-state index in [-0.39, 0.29) is 36.6 Å². The van der Waals surface area contributed by atoms with Gasteiger partial charge in [-0.2, -0.15) is 0 Å². The quantitative estimate of drug-likeness (QED) is 0.0821. The molecule has 5 aromatic rings. The van der Waals surface area contributed by atoms with Gasteiger partial charge >= 0.3 is 30.5 Å². The molecule has 5 aliphatic rings. The van der Waals surface area contributed by atoms with Crippen molar-refractivity contribution >= 4 is 64.6 Å². The first kappa shape index (κ1) is 84.2. The first-order valence-electron chi connectivity index (χ1n) is 37.1. The van der Waals surface area contributed by atoms with Gasteiger partial charge in [0.2, 0.25) is 0 Å². The minimum Gasteiger partial charge on any atom is -0.444 e. The van der Waals surface area contributed by atoms with Gasteiger partial charge in [0.05, 0.1) is 13.2 Å². The Balaban J connectivity index is 0.000000204. The average Bonchev–Trinajstić information content (AvgIpc) is 1.32. The topological polar surface area (TPSA) is 220 Å². The van der Waals surface area contributed by atoms with E-state index in [0.717, 1.165) is 118 Å². The summed E-state index contributed by atoms with van der Waals surface area (Å²) in [4.78, 5) is 71.7. The molecule has 5 heterocycles. The molecule has 10 rings (SSSR count). The van der Waals surface area contributed by atoms with Crippen molar-refractivity contribution in [2.45, 2.75) is 188 Å². The zero-order valence-electron chi connectivity index (χ0n) is 66.3. The Bertz CT molecular complexity index is 3230. The van der Waals surface area contributed by atoms with Crippen molar-refractivity contribution in [1.82, 2.24) is 24.5 Å². The molecule has 5 N–H and O–H groups in total. The number of nitrogens with one attached hydrogen (secondary N) is 5. The molecule has 5 aromatic carbocycles. The highest BCUT2D eigenvalue weighted by Crippen LogP contribution is 2.33. The van der Waals surface area contributed by atoms with Gasteiger partial charge < -0.3 is 84.4 Å². The van der Waals surface area contributed by atoms with Gasteiger partial charge in [0, 0.05) is 153 Å². The van der Waals surface area contributed by atoms with E-state index in [0.29, 0.717) is 50.5 Å². The summed E-state index contributed by atoms with van der Waals surface area (Å²) in [5.41, 5.74) is 9.52. The Morgan fingerprint density at radius 2 is 0.596 bits per heavy atom. The number of ether oxygens (including phenoxy) is 6. The Morgan fingerprint density at radius 1 is 0.317 bits per heavy atom. The lowest BCUT2D eigenvalue weighted by Gasteiger charge is -2.36. The summed E-state index contributed by atoms with van der Waals surface area (Å²) in [7, 11) is 9.55. The van der Waals surface area contributed by atoms with Crippen molar-refractivity contribution in [3.63, 3.8) is 0 Å². The number of piperidine rings is 2. The fourth-order valence-corrected chi connectivity index (χ4v) is 12.3. The minimum atomic E-state index is -0.473. The fourth-order valence-electron chi connectivity index (χ4n) is 12.3. The van der Waals surface area contributed by atoms with Gasteiger partial charge in [0.25, 0.3) is 0 Å². The number of hydrogen-bond donors (Lipinski definition) is 5. The molecule has 3 atom stereocenters. The molecule has 3 unspecified atom stereocenters. The Morgan fingerprint density at radius 3 is 0.952 bits per heavy atom. The molecule has 104 heavy (non-hydrogen) atoms. The maximum Gasteiger partial charge on any atom is 0.410 e. The summed E-state index contributed by atoms with van der Waals surface area (Å²) in [5.74, 6) is 1.35. The number of likely N-dealkylation sites (tertiary alicyclic amines) is 3. The molecule has 5 saturated heterocycles. The minimum absolute atomic E-state index is 0.0998. The van der Waals surface area contributed by atoms with Crippen LogP contribution in [0.15, 0.2) is 121 Å². The number of benzene rings is 5. The van der Waals surface area contributed by atoms with Crippen LogP contribution in [0, 0.1) is 0 Å². The van der Waals surface area contributed by atoms with Crippen LogP contribution >= 0.6 is 0 Å². The van der Waals surface area contributed by atoms with Crippen molar-refractivity contribution in [2.24, 2.45) is 0 Å². The van der Waals surface area contributed by atoms with Crippen LogP contribution in [0.3, 0.4) is 0 Å². The Labute approximate surface area is 621 Å². The molecule has 0 bridgehead atoms. The van der Waals surface area contributed by atoms with Crippen molar-refractivity contribution < 1.29 is 52.4 Å². The predicted octanol–water partition coefficient (Wildman–Crippen LogP) is 17.0. The van der Waals surface area contributed by atoms with Crippen LogP contribution < -0.4 is 31.5 Å². The van der Waals surface area contributed by atoms with Crippen molar-refractivity contribution in [2.75, 3.05) is 152 Å². The van der Waals surface area contributed by atoms with Gasteiger partial charge in [0.15, 0.2) is 0 Å². The lowest BCUT2D eigenvalue weighted by atomic mass is 9.89. The van der Waals surface area contributed by atoms with Crippen LogP contribution in [0.4, 0.5) is 58.1 Å². The first-order chi connectivity index (χ1) is 48.9. The number of carbonyl (C=O) groups is 5. The predicted molar refractivity (Wildman–Crippen MR) is 421 cm³/mol. The summed E-state index contributed by atoms with van der Waals surface area (Å²) in [5, 5.41) is 15.6. The summed E-state index contributed by atoms with van der Waals surface area (Å²) in [6.07, 6.45) is 3.97. The monoisotopic (exact) mass is 1440 g/mol. The smallest absolute Gasteiger partial charge is 0.410 e. The van der Waals surface area contributed by atoms with Gasteiger partial charge in [-0.3, -0.25) is 0 Å². The van der Waals surface area contributed by atoms with Gasteiger partial charge in [-0.05, 0) is 237 Å². The third kappa shape index (κ3) is 29.0. The molecule has 0 radical (unpaired) electrons. The number of piperazine rings is 1. The second-order valence-corrected chi connectivity index (χ2v) is 31.9. The Kier molecular flexibility index (Phi) is 31.4. The molecule has 5 aliphatic heterocycles. The van der Waals surface area contributed by atoms with Crippen LogP contribution in [-0.4, -0.2) is 203 Å². The molecule has 22 nitrogen and oxygen atoms in total. The van der Waals surface area contributed by atoms with E-state index in [4.69, 9.17) is 28.4 Å². The van der Waals surface area contributed by atoms with Crippen LogP contribution in [0.1, 0.15) is 182 Å². The lowest BCUT2D eigenvalue weighted by molar-refractivity contribution is -0.0432. The fraction of sp³-hybridized carbons (Fsp3) is 0.573. The van der Waals surface area contributed by atoms with E-state index in [1.807, 2.05) is 178 Å².